The van der Waals surface area contributed by atoms with Gasteiger partial charge in [0.25, 0.3) is 0 Å². The van der Waals surface area contributed by atoms with Crippen LogP contribution in [0.3, 0.4) is 0 Å². The number of fused-ring (bicyclic) bond motifs is 2. The first-order valence-electron chi connectivity index (χ1n) is 7.92. The lowest BCUT2D eigenvalue weighted by molar-refractivity contribution is -0.0284. The number of carbonyl (C=O) groups is 1. The zero-order valence-electron chi connectivity index (χ0n) is 13.8. The van der Waals surface area contributed by atoms with Gasteiger partial charge in [0.2, 0.25) is 0 Å². The third-order valence-electron chi connectivity index (χ3n) is 4.54. The highest BCUT2D eigenvalue weighted by Crippen LogP contribution is 2.37. The Morgan fingerprint density at radius 2 is 1.88 bits per heavy atom. The first kappa shape index (κ1) is 16.1. The Kier molecular flexibility index (Phi) is 3.58. The van der Waals surface area contributed by atoms with Crippen molar-refractivity contribution in [2.24, 2.45) is 0 Å². The Bertz CT molecular complexity index is 1080. The molecule has 2 aromatic carbocycles. The number of ether oxygens (including phenoxy) is 1. The van der Waals surface area contributed by atoms with Crippen LogP contribution >= 0.6 is 15.9 Å². The molecular weight excluding hydrogens is 384 g/mol. The van der Waals surface area contributed by atoms with E-state index in [1.165, 1.54) is 6.07 Å². The number of aryl methyl sites for hydroxylation is 1. The second-order valence-corrected chi connectivity index (χ2v) is 7.49. The third-order valence-corrected chi connectivity index (χ3v) is 5.03. The predicted octanol–water partition coefficient (Wildman–Crippen LogP) is 4.49. The summed E-state index contributed by atoms with van der Waals surface area (Å²) in [4.78, 5) is 25.0. The van der Waals surface area contributed by atoms with Gasteiger partial charge < -0.3 is 9.15 Å². The van der Waals surface area contributed by atoms with E-state index in [4.69, 9.17) is 9.15 Å². The van der Waals surface area contributed by atoms with E-state index in [0.29, 0.717) is 28.7 Å². The van der Waals surface area contributed by atoms with E-state index >= 15 is 0 Å². The van der Waals surface area contributed by atoms with E-state index in [1.807, 2.05) is 25.1 Å². The summed E-state index contributed by atoms with van der Waals surface area (Å²) >= 11 is 3.37. The number of rotatable bonds is 1. The monoisotopic (exact) mass is 398 g/mol. The lowest BCUT2D eigenvalue weighted by atomic mass is 9.88. The summed E-state index contributed by atoms with van der Waals surface area (Å²) in [6.07, 6.45) is 0.446. The number of cyclic esters (lactones) is 1. The molecule has 1 unspecified atom stereocenters. The smallest absolute Gasteiger partial charge is 0.339 e. The fraction of sp³-hybridized carbons (Fsp3) is 0.200. The maximum absolute atomic E-state index is 12.5. The molecule has 25 heavy (non-hydrogen) atoms. The van der Waals surface area contributed by atoms with Gasteiger partial charge in [0.15, 0.2) is 16.8 Å². The van der Waals surface area contributed by atoms with Gasteiger partial charge in [-0.25, -0.2) is 4.79 Å². The quantitative estimate of drug-likeness (QED) is 0.566. The highest BCUT2D eigenvalue weighted by Gasteiger charge is 2.40. The van der Waals surface area contributed by atoms with Crippen molar-refractivity contribution in [1.82, 2.24) is 0 Å². The van der Waals surface area contributed by atoms with Gasteiger partial charge in [0, 0.05) is 17.0 Å². The maximum Gasteiger partial charge on any atom is 0.339 e. The molecule has 0 aliphatic carbocycles. The van der Waals surface area contributed by atoms with Crippen LogP contribution in [0.1, 0.15) is 34.2 Å². The molecule has 126 valence electrons. The summed E-state index contributed by atoms with van der Waals surface area (Å²) in [6.45, 7) is 3.69. The van der Waals surface area contributed by atoms with Gasteiger partial charge in [-0.05, 0) is 43.7 Å². The standard InChI is InChI=1S/C20H15BrO4/c1-11-3-6-17-15(7-11)16(22)9-18(24-17)20(2)10-12-4-5-13(21)8-14(12)19(23)25-20/h3-9H,10H2,1-2H3. The summed E-state index contributed by atoms with van der Waals surface area (Å²) in [5.74, 6) is -0.0625. The molecule has 0 radical (unpaired) electrons. The van der Waals surface area contributed by atoms with Crippen LogP contribution in [0, 0.1) is 6.92 Å². The van der Waals surface area contributed by atoms with E-state index in [2.05, 4.69) is 15.9 Å². The van der Waals surface area contributed by atoms with Crippen LogP contribution in [0.15, 0.2) is 56.1 Å². The topological polar surface area (TPSA) is 56.5 Å². The number of halogens is 1. The Labute approximate surface area is 152 Å². The van der Waals surface area contributed by atoms with E-state index in [1.54, 1.807) is 25.1 Å². The summed E-state index contributed by atoms with van der Waals surface area (Å²) in [5, 5.41) is 0.527. The third kappa shape index (κ3) is 2.68. The van der Waals surface area contributed by atoms with Gasteiger partial charge in [0.05, 0.1) is 10.9 Å². The van der Waals surface area contributed by atoms with Gasteiger partial charge in [0.1, 0.15) is 5.58 Å². The van der Waals surface area contributed by atoms with Crippen LogP contribution < -0.4 is 5.43 Å². The molecular formula is C20H15BrO4. The fourth-order valence-corrected chi connectivity index (χ4v) is 3.58. The predicted molar refractivity (Wildman–Crippen MR) is 97.8 cm³/mol. The first-order valence-corrected chi connectivity index (χ1v) is 8.72. The Morgan fingerprint density at radius 1 is 1.08 bits per heavy atom. The van der Waals surface area contributed by atoms with Gasteiger partial charge in [-0.15, -0.1) is 0 Å². The molecule has 3 aromatic rings. The minimum absolute atomic E-state index is 0.140. The average molecular weight is 399 g/mol. The number of benzene rings is 2. The molecule has 0 fully saturated rings. The van der Waals surface area contributed by atoms with Gasteiger partial charge >= 0.3 is 5.97 Å². The van der Waals surface area contributed by atoms with Crippen molar-refractivity contribution >= 4 is 32.9 Å². The summed E-state index contributed by atoms with van der Waals surface area (Å²) < 4.78 is 12.4. The Balaban J connectivity index is 1.85. The van der Waals surface area contributed by atoms with Crippen LogP contribution in [0.4, 0.5) is 0 Å². The molecule has 1 atom stereocenters. The zero-order valence-corrected chi connectivity index (χ0v) is 15.3. The van der Waals surface area contributed by atoms with Gasteiger partial charge in [-0.1, -0.05) is 33.6 Å². The van der Waals surface area contributed by atoms with E-state index in [0.717, 1.165) is 15.6 Å². The largest absolute Gasteiger partial charge is 0.457 e. The molecule has 1 aromatic heterocycles. The van der Waals surface area contributed by atoms with E-state index in [9.17, 15) is 9.59 Å². The maximum atomic E-state index is 12.5. The Morgan fingerprint density at radius 3 is 2.68 bits per heavy atom. The second kappa shape index (κ2) is 5.56. The first-order chi connectivity index (χ1) is 11.9. The van der Waals surface area contributed by atoms with E-state index in [-0.39, 0.29) is 5.43 Å². The lowest BCUT2D eigenvalue weighted by Crippen LogP contribution is -2.37. The molecule has 2 heterocycles. The van der Waals surface area contributed by atoms with Crippen LogP contribution in [0.25, 0.3) is 11.0 Å². The van der Waals surface area contributed by atoms with Crippen LogP contribution in [0.2, 0.25) is 0 Å². The molecule has 0 bridgehead atoms. The SMILES string of the molecule is Cc1ccc2oc(C3(C)Cc4ccc(Br)cc4C(=O)O3)cc(=O)c2c1. The molecule has 1 aliphatic heterocycles. The Hall–Kier alpha value is -2.40. The van der Waals surface area contributed by atoms with Crippen molar-refractivity contribution in [2.45, 2.75) is 25.9 Å². The second-order valence-electron chi connectivity index (χ2n) is 6.57. The molecule has 4 rings (SSSR count). The summed E-state index contributed by atoms with van der Waals surface area (Å²) in [7, 11) is 0. The fourth-order valence-electron chi connectivity index (χ4n) is 3.22. The van der Waals surface area contributed by atoms with Crippen LogP contribution in [-0.4, -0.2) is 5.97 Å². The minimum atomic E-state index is -1.02. The normalized spacial score (nSPS) is 19.6. The van der Waals surface area contributed by atoms with Crippen molar-refractivity contribution in [3.63, 3.8) is 0 Å². The molecule has 0 saturated heterocycles. The van der Waals surface area contributed by atoms with Crippen molar-refractivity contribution in [3.8, 4) is 0 Å². The van der Waals surface area contributed by atoms with Gasteiger partial charge in [-0.2, -0.15) is 0 Å². The lowest BCUT2D eigenvalue weighted by Gasteiger charge is -2.33. The van der Waals surface area contributed by atoms with Crippen molar-refractivity contribution in [1.29, 1.82) is 0 Å². The molecule has 0 amide bonds. The summed E-state index contributed by atoms with van der Waals surface area (Å²) in [6, 6.07) is 12.4. The number of hydrogen-bond acceptors (Lipinski definition) is 4. The highest BCUT2D eigenvalue weighted by atomic mass is 79.9. The average Bonchev–Trinajstić information content (AvgIpc) is 2.56. The molecule has 5 heteroatoms. The van der Waals surface area contributed by atoms with Crippen molar-refractivity contribution < 1.29 is 13.9 Å². The number of hydrogen-bond donors (Lipinski definition) is 0. The number of carbonyl (C=O) groups excluding carboxylic acids is 1. The van der Waals surface area contributed by atoms with E-state index < -0.39 is 11.6 Å². The van der Waals surface area contributed by atoms with Gasteiger partial charge in [-0.3, -0.25) is 4.79 Å². The van der Waals surface area contributed by atoms with Crippen LogP contribution in [-0.2, 0) is 16.8 Å². The van der Waals surface area contributed by atoms with Crippen LogP contribution in [0.5, 0.6) is 0 Å². The summed E-state index contributed by atoms with van der Waals surface area (Å²) in [5.41, 5.74) is 1.73. The minimum Gasteiger partial charge on any atom is -0.457 e. The molecule has 0 spiro atoms. The number of esters is 1. The molecule has 0 saturated carbocycles. The molecule has 0 N–H and O–H groups in total. The highest BCUT2D eigenvalue weighted by molar-refractivity contribution is 9.10. The molecule has 4 nitrogen and oxygen atoms in total. The molecule has 1 aliphatic rings. The van der Waals surface area contributed by atoms with Crippen molar-refractivity contribution in [2.75, 3.05) is 0 Å². The zero-order chi connectivity index (χ0) is 17.8. The van der Waals surface area contributed by atoms with Crippen molar-refractivity contribution in [3.05, 3.63) is 79.6 Å².